The van der Waals surface area contributed by atoms with Gasteiger partial charge >= 0.3 is 11.9 Å². The first-order valence-corrected chi connectivity index (χ1v) is 10.7. The summed E-state index contributed by atoms with van der Waals surface area (Å²) in [5.41, 5.74) is 1.44. The number of anilines is 1. The van der Waals surface area contributed by atoms with Crippen LogP contribution in [0.25, 0.3) is 0 Å². The second-order valence-electron chi connectivity index (χ2n) is 8.04. The van der Waals surface area contributed by atoms with Crippen molar-refractivity contribution in [2.45, 2.75) is 39.0 Å². The number of thiophene rings is 1. The summed E-state index contributed by atoms with van der Waals surface area (Å²) < 4.78 is 4.98. The Bertz CT molecular complexity index is 857. The minimum atomic E-state index is -0.929. The molecule has 1 amide bonds. The van der Waals surface area contributed by atoms with Gasteiger partial charge in [0.1, 0.15) is 5.00 Å². The first kappa shape index (κ1) is 19.2. The number of aliphatic carboxylic acids is 1. The van der Waals surface area contributed by atoms with E-state index in [1.54, 1.807) is 0 Å². The lowest BCUT2D eigenvalue weighted by molar-refractivity contribution is -0.146. The van der Waals surface area contributed by atoms with Gasteiger partial charge in [-0.05, 0) is 49.0 Å². The van der Waals surface area contributed by atoms with Gasteiger partial charge in [0, 0.05) is 4.88 Å². The Morgan fingerprint density at radius 2 is 1.96 bits per heavy atom. The molecule has 1 heterocycles. The average Bonchev–Trinajstić information content (AvgIpc) is 3.38. The summed E-state index contributed by atoms with van der Waals surface area (Å²) in [5, 5.41) is 13.0. The Morgan fingerprint density at radius 1 is 1.25 bits per heavy atom. The third kappa shape index (κ3) is 3.05. The minimum Gasteiger partial charge on any atom is -0.481 e. The van der Waals surface area contributed by atoms with Crippen molar-refractivity contribution in [1.29, 1.82) is 0 Å². The van der Waals surface area contributed by atoms with Crippen LogP contribution in [0.2, 0.25) is 0 Å². The van der Waals surface area contributed by atoms with Crippen LogP contribution >= 0.6 is 11.3 Å². The van der Waals surface area contributed by atoms with Gasteiger partial charge in [-0.2, -0.15) is 0 Å². The number of carbonyl (C=O) groups is 3. The summed E-state index contributed by atoms with van der Waals surface area (Å²) in [6, 6.07) is 0. The zero-order valence-corrected chi connectivity index (χ0v) is 16.9. The van der Waals surface area contributed by atoms with E-state index >= 15 is 0 Å². The molecule has 150 valence electrons. The molecule has 1 saturated carbocycles. The van der Waals surface area contributed by atoms with Gasteiger partial charge in [-0.3, -0.25) is 9.59 Å². The van der Waals surface area contributed by atoms with Gasteiger partial charge in [0.25, 0.3) is 0 Å². The van der Waals surface area contributed by atoms with E-state index in [9.17, 15) is 19.5 Å². The Balaban J connectivity index is 1.63. The topological polar surface area (TPSA) is 92.7 Å². The molecule has 1 aromatic heterocycles. The van der Waals surface area contributed by atoms with E-state index in [0.717, 1.165) is 36.1 Å². The summed E-state index contributed by atoms with van der Waals surface area (Å²) >= 11 is 1.44. The number of hydrogen-bond donors (Lipinski definition) is 2. The lowest BCUT2D eigenvalue weighted by Crippen LogP contribution is -2.36. The molecular formula is C21H25NO5S. The quantitative estimate of drug-likeness (QED) is 0.580. The molecule has 0 aromatic carbocycles. The molecule has 0 radical (unpaired) electrons. The number of fused-ring (bicyclic) bond motifs is 3. The molecule has 0 spiro atoms. The van der Waals surface area contributed by atoms with Crippen molar-refractivity contribution < 1.29 is 24.2 Å². The van der Waals surface area contributed by atoms with Crippen LogP contribution in [0, 0.1) is 29.6 Å². The molecule has 3 aliphatic rings. The van der Waals surface area contributed by atoms with E-state index in [2.05, 4.69) is 12.2 Å². The first-order valence-electron chi connectivity index (χ1n) is 9.89. The van der Waals surface area contributed by atoms with Crippen LogP contribution in [0.5, 0.6) is 0 Å². The van der Waals surface area contributed by atoms with E-state index in [1.807, 2.05) is 12.2 Å². The fraction of sp³-hybridized carbons (Fsp3) is 0.571. The fourth-order valence-corrected chi connectivity index (χ4v) is 6.47. The van der Waals surface area contributed by atoms with Crippen LogP contribution < -0.4 is 5.32 Å². The number of hydrogen-bond acceptors (Lipinski definition) is 5. The number of methoxy groups -OCH3 is 1. The second-order valence-corrected chi connectivity index (χ2v) is 9.15. The predicted molar refractivity (Wildman–Crippen MR) is 105 cm³/mol. The Hall–Kier alpha value is -2.15. The Kier molecular flexibility index (Phi) is 5.04. The molecule has 28 heavy (non-hydrogen) atoms. The summed E-state index contributed by atoms with van der Waals surface area (Å²) in [6.07, 6.45) is 8.41. The summed E-state index contributed by atoms with van der Waals surface area (Å²) in [7, 11) is 1.34. The van der Waals surface area contributed by atoms with E-state index in [-0.39, 0.29) is 17.7 Å². The van der Waals surface area contributed by atoms with Gasteiger partial charge in [-0.25, -0.2) is 4.79 Å². The van der Waals surface area contributed by atoms with Gasteiger partial charge in [0.05, 0.1) is 24.5 Å². The van der Waals surface area contributed by atoms with Crippen molar-refractivity contribution in [3.8, 4) is 0 Å². The Morgan fingerprint density at radius 3 is 2.61 bits per heavy atom. The molecule has 2 N–H and O–H groups in total. The molecule has 3 aliphatic carbocycles. The van der Waals surface area contributed by atoms with Crippen LogP contribution in [0.15, 0.2) is 12.2 Å². The molecule has 1 fully saturated rings. The molecule has 7 heteroatoms. The third-order valence-electron chi connectivity index (χ3n) is 6.62. The van der Waals surface area contributed by atoms with Crippen molar-refractivity contribution in [3.05, 3.63) is 28.2 Å². The number of rotatable bonds is 5. The van der Waals surface area contributed by atoms with Gasteiger partial charge in [-0.15, -0.1) is 11.3 Å². The molecule has 2 bridgehead atoms. The molecule has 5 atom stereocenters. The zero-order valence-electron chi connectivity index (χ0n) is 16.1. The van der Waals surface area contributed by atoms with Crippen LogP contribution in [0.3, 0.4) is 0 Å². The maximum Gasteiger partial charge on any atom is 0.341 e. The number of esters is 1. The number of ether oxygens (including phenoxy) is 1. The minimum absolute atomic E-state index is 0.0493. The van der Waals surface area contributed by atoms with E-state index in [0.29, 0.717) is 22.9 Å². The summed E-state index contributed by atoms with van der Waals surface area (Å²) in [5.74, 6) is -2.51. The Labute approximate surface area is 168 Å². The second kappa shape index (κ2) is 7.35. The SMILES string of the molecule is CC[C@@H]1CCc2c(sc(NC(=O)[C@H]3[C@@H](C(=O)O)[C@H]4C=C[C@@H]3C4)c2C(=O)OC)C1. The third-order valence-corrected chi connectivity index (χ3v) is 7.79. The van der Waals surface area contributed by atoms with E-state index in [1.165, 1.54) is 18.4 Å². The first-order chi connectivity index (χ1) is 13.4. The van der Waals surface area contributed by atoms with Crippen molar-refractivity contribution in [2.75, 3.05) is 12.4 Å². The zero-order chi connectivity index (χ0) is 20.0. The van der Waals surface area contributed by atoms with Gasteiger partial charge in [0.15, 0.2) is 0 Å². The monoisotopic (exact) mass is 403 g/mol. The highest BCUT2D eigenvalue weighted by Gasteiger charge is 2.51. The van der Waals surface area contributed by atoms with E-state index in [4.69, 9.17) is 4.74 Å². The molecule has 0 aliphatic heterocycles. The van der Waals surface area contributed by atoms with Crippen LogP contribution in [-0.2, 0) is 27.2 Å². The van der Waals surface area contributed by atoms with Gasteiger partial charge < -0.3 is 15.2 Å². The van der Waals surface area contributed by atoms with Crippen LogP contribution in [-0.4, -0.2) is 30.1 Å². The predicted octanol–water partition coefficient (Wildman–Crippen LogP) is 3.51. The lowest BCUT2D eigenvalue weighted by Gasteiger charge is -2.23. The number of allylic oxidation sites excluding steroid dienone is 2. The number of carboxylic acid groups (broad SMARTS) is 1. The van der Waals surface area contributed by atoms with Crippen LogP contribution in [0.4, 0.5) is 5.00 Å². The van der Waals surface area contributed by atoms with Crippen molar-refractivity contribution >= 4 is 34.2 Å². The highest BCUT2D eigenvalue weighted by molar-refractivity contribution is 7.17. The largest absolute Gasteiger partial charge is 0.481 e. The van der Waals surface area contributed by atoms with Gasteiger partial charge in [-0.1, -0.05) is 25.5 Å². The summed E-state index contributed by atoms with van der Waals surface area (Å²) in [6.45, 7) is 2.17. The maximum absolute atomic E-state index is 13.1. The maximum atomic E-state index is 13.1. The lowest BCUT2D eigenvalue weighted by atomic mass is 9.82. The van der Waals surface area contributed by atoms with E-state index < -0.39 is 23.8 Å². The molecule has 4 rings (SSSR count). The average molecular weight is 404 g/mol. The molecular weight excluding hydrogens is 378 g/mol. The van der Waals surface area contributed by atoms with Crippen LogP contribution in [0.1, 0.15) is 47.0 Å². The number of carbonyl (C=O) groups excluding carboxylic acids is 2. The van der Waals surface area contributed by atoms with Crippen molar-refractivity contribution in [3.63, 3.8) is 0 Å². The molecule has 0 unspecified atom stereocenters. The highest BCUT2D eigenvalue weighted by atomic mass is 32.1. The number of carboxylic acids is 1. The van der Waals surface area contributed by atoms with Crippen molar-refractivity contribution in [2.24, 2.45) is 29.6 Å². The molecule has 0 saturated heterocycles. The molecule has 1 aromatic rings. The molecule has 6 nitrogen and oxygen atoms in total. The van der Waals surface area contributed by atoms with Crippen molar-refractivity contribution in [1.82, 2.24) is 0 Å². The fourth-order valence-electron chi connectivity index (χ4n) is 5.12. The normalized spacial score (nSPS) is 30.1. The number of amides is 1. The van der Waals surface area contributed by atoms with Gasteiger partial charge in [0.2, 0.25) is 5.91 Å². The smallest absolute Gasteiger partial charge is 0.341 e. The standard InChI is InChI=1S/C21H25NO5S/c1-3-10-4-7-13-14(8-10)28-19(17(13)21(26)27-2)22-18(23)15-11-5-6-12(9-11)16(15)20(24)25/h5-6,10-12,15-16H,3-4,7-9H2,1-2H3,(H,22,23)(H,24,25)/t10-,11-,12+,15-,16+/m1/s1. The highest BCUT2D eigenvalue weighted by Crippen LogP contribution is 2.49. The summed E-state index contributed by atoms with van der Waals surface area (Å²) in [4.78, 5) is 38.4. The number of nitrogens with one attached hydrogen (secondary N) is 1.